The molecule has 1 aromatic rings. The van der Waals surface area contributed by atoms with E-state index in [1.165, 1.54) is 17.7 Å². The van der Waals surface area contributed by atoms with Crippen LogP contribution in [0.2, 0.25) is 0 Å². The van der Waals surface area contributed by atoms with Gasteiger partial charge in [-0.3, -0.25) is 4.79 Å². The van der Waals surface area contributed by atoms with Gasteiger partial charge >= 0.3 is 0 Å². The van der Waals surface area contributed by atoms with Crippen molar-refractivity contribution < 1.29 is 4.79 Å². The summed E-state index contributed by atoms with van der Waals surface area (Å²) >= 11 is 1.56. The van der Waals surface area contributed by atoms with Gasteiger partial charge in [0, 0.05) is 10.9 Å². The first-order chi connectivity index (χ1) is 8.16. The Morgan fingerprint density at radius 2 is 2.41 bits per heavy atom. The van der Waals surface area contributed by atoms with Crippen molar-refractivity contribution in [2.75, 3.05) is 13.1 Å². The molecule has 1 aromatic heterocycles. The zero-order valence-corrected chi connectivity index (χ0v) is 11.3. The second-order valence-corrected chi connectivity index (χ2v) is 6.07. The molecule has 0 radical (unpaired) electrons. The summed E-state index contributed by atoms with van der Waals surface area (Å²) in [7, 11) is 0. The Hall–Kier alpha value is -0.870. The van der Waals surface area contributed by atoms with E-state index in [1.807, 2.05) is 19.1 Å². The molecule has 2 rings (SSSR count). The van der Waals surface area contributed by atoms with E-state index in [2.05, 4.69) is 17.6 Å². The van der Waals surface area contributed by atoms with Crippen molar-refractivity contribution in [2.45, 2.75) is 32.7 Å². The van der Waals surface area contributed by atoms with Gasteiger partial charge in [0.1, 0.15) is 0 Å². The van der Waals surface area contributed by atoms with Crippen LogP contribution in [-0.2, 0) is 0 Å². The number of thiophene rings is 1. The second kappa shape index (κ2) is 5.65. The van der Waals surface area contributed by atoms with Gasteiger partial charge in [-0.15, -0.1) is 11.3 Å². The molecule has 1 aliphatic rings. The molecule has 1 amide bonds. The van der Waals surface area contributed by atoms with Gasteiger partial charge in [0.25, 0.3) is 5.91 Å². The van der Waals surface area contributed by atoms with Crippen LogP contribution in [-0.4, -0.2) is 25.0 Å². The monoisotopic (exact) mass is 252 g/mol. The van der Waals surface area contributed by atoms with E-state index in [1.54, 1.807) is 11.3 Å². The lowest BCUT2D eigenvalue weighted by Gasteiger charge is -2.28. The van der Waals surface area contributed by atoms with Gasteiger partial charge in [0.05, 0.1) is 4.88 Å². The summed E-state index contributed by atoms with van der Waals surface area (Å²) in [6, 6.07) is 4.14. The summed E-state index contributed by atoms with van der Waals surface area (Å²) in [6.07, 6.45) is 2.42. The Bertz CT molecular complexity index is 383. The lowest BCUT2D eigenvalue weighted by molar-refractivity contribution is 0.0926. The lowest BCUT2D eigenvalue weighted by Crippen LogP contribution is -2.44. The Morgan fingerprint density at radius 3 is 3.00 bits per heavy atom. The summed E-state index contributed by atoms with van der Waals surface area (Å²) in [5, 5.41) is 6.49. The van der Waals surface area contributed by atoms with Crippen molar-refractivity contribution in [1.82, 2.24) is 10.6 Å². The first-order valence-corrected chi connectivity index (χ1v) is 7.06. The van der Waals surface area contributed by atoms with Gasteiger partial charge in [0.2, 0.25) is 0 Å². The molecule has 94 valence electrons. The molecule has 1 saturated heterocycles. The molecular weight excluding hydrogens is 232 g/mol. The zero-order chi connectivity index (χ0) is 12.3. The van der Waals surface area contributed by atoms with Gasteiger partial charge in [-0.25, -0.2) is 0 Å². The number of hydrogen-bond donors (Lipinski definition) is 2. The average Bonchev–Trinajstić information content (AvgIpc) is 2.77. The Labute approximate surface area is 107 Å². The van der Waals surface area contributed by atoms with Crippen LogP contribution < -0.4 is 10.6 Å². The molecule has 2 N–H and O–H groups in total. The molecule has 0 spiro atoms. The highest BCUT2D eigenvalue weighted by atomic mass is 32.1. The van der Waals surface area contributed by atoms with Gasteiger partial charge in [-0.2, -0.15) is 0 Å². The fourth-order valence-corrected chi connectivity index (χ4v) is 3.03. The molecule has 2 unspecified atom stereocenters. The Kier molecular flexibility index (Phi) is 4.18. The smallest absolute Gasteiger partial charge is 0.261 e. The first kappa shape index (κ1) is 12.6. The van der Waals surface area contributed by atoms with Crippen LogP contribution in [0.15, 0.2) is 12.1 Å². The van der Waals surface area contributed by atoms with Crippen LogP contribution in [0.5, 0.6) is 0 Å². The minimum atomic E-state index is 0.0705. The molecule has 0 bridgehead atoms. The summed E-state index contributed by atoms with van der Waals surface area (Å²) < 4.78 is 0. The third kappa shape index (κ3) is 3.30. The number of hydrogen-bond acceptors (Lipinski definition) is 3. The van der Waals surface area contributed by atoms with E-state index in [9.17, 15) is 4.79 Å². The van der Waals surface area contributed by atoms with E-state index in [0.717, 1.165) is 18.0 Å². The lowest BCUT2D eigenvalue weighted by atomic mass is 9.93. The molecule has 2 atom stereocenters. The first-order valence-electron chi connectivity index (χ1n) is 6.25. The van der Waals surface area contributed by atoms with Crippen LogP contribution in [0.3, 0.4) is 0 Å². The number of nitrogens with one attached hydrogen (secondary N) is 2. The summed E-state index contributed by atoms with van der Waals surface area (Å²) in [4.78, 5) is 14.0. The van der Waals surface area contributed by atoms with Gasteiger partial charge < -0.3 is 10.6 Å². The van der Waals surface area contributed by atoms with Crippen LogP contribution >= 0.6 is 11.3 Å². The zero-order valence-electron chi connectivity index (χ0n) is 10.5. The number of rotatable bonds is 3. The van der Waals surface area contributed by atoms with Crippen LogP contribution in [0.4, 0.5) is 0 Å². The summed E-state index contributed by atoms with van der Waals surface area (Å²) in [5.74, 6) is 0.634. The maximum Gasteiger partial charge on any atom is 0.261 e. The molecule has 4 heteroatoms. The van der Waals surface area contributed by atoms with Crippen molar-refractivity contribution in [1.29, 1.82) is 0 Å². The van der Waals surface area contributed by atoms with Crippen molar-refractivity contribution in [2.24, 2.45) is 5.92 Å². The van der Waals surface area contributed by atoms with Crippen molar-refractivity contribution in [3.8, 4) is 0 Å². The second-order valence-electron chi connectivity index (χ2n) is 4.78. The van der Waals surface area contributed by atoms with E-state index >= 15 is 0 Å². The van der Waals surface area contributed by atoms with Crippen molar-refractivity contribution in [3.63, 3.8) is 0 Å². The maximum atomic E-state index is 12.0. The summed E-state index contributed by atoms with van der Waals surface area (Å²) in [6.45, 7) is 6.26. The predicted octanol–water partition coefficient (Wildman–Crippen LogP) is 2.17. The normalized spacial score (nSPS) is 22.1. The molecule has 0 saturated carbocycles. The highest BCUT2D eigenvalue weighted by molar-refractivity contribution is 7.13. The van der Waals surface area contributed by atoms with Gasteiger partial charge in [-0.1, -0.05) is 0 Å². The molecular formula is C13H20N2OS. The summed E-state index contributed by atoms with van der Waals surface area (Å²) in [5.41, 5.74) is 0. The standard InChI is InChI=1S/C13H20N2OS/c1-9-5-6-12(17-9)13(16)15-10(2)11-4-3-7-14-8-11/h5-6,10-11,14H,3-4,7-8H2,1-2H3,(H,15,16). The van der Waals surface area contributed by atoms with E-state index in [4.69, 9.17) is 0 Å². The SMILES string of the molecule is Cc1ccc(C(=O)NC(C)C2CCCNC2)s1. The quantitative estimate of drug-likeness (QED) is 0.865. The molecule has 0 aliphatic carbocycles. The fraction of sp³-hybridized carbons (Fsp3) is 0.615. The van der Waals surface area contributed by atoms with Crippen molar-refractivity contribution in [3.05, 3.63) is 21.9 Å². The molecule has 1 fully saturated rings. The fourth-order valence-electron chi connectivity index (χ4n) is 2.26. The van der Waals surface area contributed by atoms with Crippen LogP contribution in [0.25, 0.3) is 0 Å². The average molecular weight is 252 g/mol. The molecule has 3 nitrogen and oxygen atoms in total. The van der Waals surface area contributed by atoms with E-state index in [-0.39, 0.29) is 11.9 Å². The number of carbonyl (C=O) groups excluding carboxylic acids is 1. The Morgan fingerprint density at radius 1 is 1.59 bits per heavy atom. The highest BCUT2D eigenvalue weighted by Gasteiger charge is 2.21. The van der Waals surface area contributed by atoms with Crippen LogP contribution in [0, 0.1) is 12.8 Å². The molecule has 2 heterocycles. The number of aryl methyl sites for hydroxylation is 1. The molecule has 1 aliphatic heterocycles. The minimum absolute atomic E-state index is 0.0705. The topological polar surface area (TPSA) is 41.1 Å². The highest BCUT2D eigenvalue weighted by Crippen LogP contribution is 2.17. The van der Waals surface area contributed by atoms with Crippen molar-refractivity contribution >= 4 is 17.2 Å². The number of piperidine rings is 1. The maximum absolute atomic E-state index is 12.0. The van der Waals surface area contributed by atoms with Gasteiger partial charge in [0.15, 0.2) is 0 Å². The minimum Gasteiger partial charge on any atom is -0.349 e. The molecule has 17 heavy (non-hydrogen) atoms. The largest absolute Gasteiger partial charge is 0.349 e. The van der Waals surface area contributed by atoms with Crippen LogP contribution in [0.1, 0.15) is 34.3 Å². The van der Waals surface area contributed by atoms with E-state index in [0.29, 0.717) is 5.92 Å². The Balaban J connectivity index is 1.89. The third-order valence-electron chi connectivity index (χ3n) is 3.37. The predicted molar refractivity (Wildman–Crippen MR) is 71.6 cm³/mol. The van der Waals surface area contributed by atoms with Gasteiger partial charge in [-0.05, 0) is 57.8 Å². The number of carbonyl (C=O) groups is 1. The van der Waals surface area contributed by atoms with E-state index < -0.39 is 0 Å². The number of amides is 1. The third-order valence-corrected chi connectivity index (χ3v) is 4.36. The molecule has 0 aromatic carbocycles.